The van der Waals surface area contributed by atoms with E-state index >= 15 is 0 Å². The Balaban J connectivity index is 2.75. The Bertz CT molecular complexity index is 680. The summed E-state index contributed by atoms with van der Waals surface area (Å²) in [7, 11) is 0. The fourth-order valence-corrected chi connectivity index (χ4v) is 2.11. The second-order valence-electron chi connectivity index (χ2n) is 5.51. The van der Waals surface area contributed by atoms with Crippen LogP contribution >= 0.6 is 0 Å². The number of carboxylic acids is 1. The molecular weight excluding hydrogens is 342 g/mol. The van der Waals surface area contributed by atoms with Gasteiger partial charge in [-0.25, -0.2) is 9.79 Å². The van der Waals surface area contributed by atoms with Crippen molar-refractivity contribution >= 4 is 23.8 Å². The number of carbonyl (C=O) groups excluding carboxylic acids is 1. The van der Waals surface area contributed by atoms with Gasteiger partial charge in [-0.1, -0.05) is 12.1 Å². The van der Waals surface area contributed by atoms with Crippen molar-refractivity contribution in [2.24, 2.45) is 32.9 Å². The lowest BCUT2D eigenvalue weighted by Gasteiger charge is -2.16. The molecule has 0 saturated heterocycles. The highest BCUT2D eigenvalue weighted by molar-refractivity contribution is 5.84. The van der Waals surface area contributed by atoms with Crippen LogP contribution < -0.4 is 28.3 Å². The van der Waals surface area contributed by atoms with Crippen molar-refractivity contribution in [3.05, 3.63) is 29.8 Å². The SMILES string of the molecule is NC(N)=NCC(CC(=O)NC(Cc1ccc(O)cc1)C(=O)O)N=C(N)N. The molecule has 0 heterocycles. The first-order valence-electron chi connectivity index (χ1n) is 7.61. The van der Waals surface area contributed by atoms with Crippen molar-refractivity contribution in [2.75, 3.05) is 6.54 Å². The summed E-state index contributed by atoms with van der Waals surface area (Å²) in [4.78, 5) is 31.2. The fraction of sp³-hybridized carbons (Fsp3) is 0.333. The van der Waals surface area contributed by atoms with Gasteiger partial charge in [0, 0.05) is 6.42 Å². The minimum absolute atomic E-state index is 0.0245. The number of benzene rings is 1. The van der Waals surface area contributed by atoms with Gasteiger partial charge in [-0.15, -0.1) is 0 Å². The molecule has 0 aliphatic carbocycles. The van der Waals surface area contributed by atoms with E-state index in [9.17, 15) is 19.8 Å². The van der Waals surface area contributed by atoms with Crippen molar-refractivity contribution in [1.29, 1.82) is 0 Å². The van der Waals surface area contributed by atoms with Crippen LogP contribution in [0.25, 0.3) is 0 Å². The molecule has 0 spiro atoms. The molecule has 1 rings (SSSR count). The van der Waals surface area contributed by atoms with Crippen LogP contribution in [0.1, 0.15) is 12.0 Å². The third-order valence-corrected chi connectivity index (χ3v) is 3.25. The van der Waals surface area contributed by atoms with Crippen molar-refractivity contribution in [2.45, 2.75) is 24.9 Å². The molecule has 0 aliphatic heterocycles. The highest BCUT2D eigenvalue weighted by Crippen LogP contribution is 2.11. The first-order chi connectivity index (χ1) is 12.2. The molecule has 2 atom stereocenters. The average molecular weight is 365 g/mol. The maximum atomic E-state index is 12.2. The molecule has 142 valence electrons. The predicted molar refractivity (Wildman–Crippen MR) is 96.3 cm³/mol. The number of phenolic OH excluding ortho intramolecular Hbond substituents is 1. The van der Waals surface area contributed by atoms with Gasteiger partial charge in [0.1, 0.15) is 11.8 Å². The number of amides is 1. The number of nitrogens with zero attached hydrogens (tertiary/aromatic N) is 2. The van der Waals surface area contributed by atoms with Gasteiger partial charge < -0.3 is 38.5 Å². The predicted octanol–water partition coefficient (Wildman–Crippen LogP) is -2.19. The van der Waals surface area contributed by atoms with E-state index in [1.807, 2.05) is 0 Å². The van der Waals surface area contributed by atoms with Crippen LogP contribution in [-0.2, 0) is 16.0 Å². The van der Waals surface area contributed by atoms with Gasteiger partial charge in [0.15, 0.2) is 11.9 Å². The number of nitrogens with two attached hydrogens (primary N) is 4. The first kappa shape index (κ1) is 20.5. The molecule has 11 nitrogen and oxygen atoms in total. The van der Waals surface area contributed by atoms with Gasteiger partial charge >= 0.3 is 5.97 Å². The quantitative estimate of drug-likeness (QED) is 0.188. The van der Waals surface area contributed by atoms with Crippen molar-refractivity contribution in [3.63, 3.8) is 0 Å². The Kier molecular flexibility index (Phi) is 7.67. The number of carbonyl (C=O) groups is 2. The molecule has 26 heavy (non-hydrogen) atoms. The molecule has 1 amide bonds. The number of carboxylic acid groups (broad SMARTS) is 1. The van der Waals surface area contributed by atoms with Crippen LogP contribution in [0.5, 0.6) is 5.75 Å². The van der Waals surface area contributed by atoms with Crippen LogP contribution in [0.15, 0.2) is 34.3 Å². The van der Waals surface area contributed by atoms with Gasteiger partial charge in [0.25, 0.3) is 0 Å². The molecule has 0 saturated carbocycles. The fourth-order valence-electron chi connectivity index (χ4n) is 2.11. The number of nitrogens with one attached hydrogen (secondary N) is 1. The van der Waals surface area contributed by atoms with E-state index in [0.29, 0.717) is 5.56 Å². The van der Waals surface area contributed by atoms with Crippen LogP contribution in [0.3, 0.4) is 0 Å². The minimum atomic E-state index is -1.20. The Labute approximate surface area is 149 Å². The Morgan fingerprint density at radius 1 is 1.08 bits per heavy atom. The van der Waals surface area contributed by atoms with Gasteiger partial charge in [0.2, 0.25) is 5.91 Å². The monoisotopic (exact) mass is 365 g/mol. The molecule has 0 aromatic heterocycles. The van der Waals surface area contributed by atoms with Crippen molar-refractivity contribution in [3.8, 4) is 5.75 Å². The van der Waals surface area contributed by atoms with E-state index < -0.39 is 24.0 Å². The Hall–Kier alpha value is -3.50. The molecule has 1 aromatic rings. The van der Waals surface area contributed by atoms with Crippen LogP contribution in [0, 0.1) is 0 Å². The summed E-state index contributed by atoms with van der Waals surface area (Å²) in [6.07, 6.45) is -0.156. The van der Waals surface area contributed by atoms with E-state index in [4.69, 9.17) is 22.9 Å². The number of phenols is 1. The standard InChI is InChI=1S/C15H23N7O4/c16-14(17)20-7-9(21-15(18)19)6-12(24)22-11(13(25)26)5-8-1-3-10(23)4-2-8/h1-4,9,11,23H,5-7H2,(H,22,24)(H,25,26)(H4,16,17,20)(H4,18,19,21). The molecule has 11 N–H and O–H groups in total. The van der Waals surface area contributed by atoms with Crippen molar-refractivity contribution < 1.29 is 19.8 Å². The number of aliphatic carboxylic acids is 1. The summed E-state index contributed by atoms with van der Waals surface area (Å²) in [6, 6.07) is 4.11. The minimum Gasteiger partial charge on any atom is -0.508 e. The summed E-state index contributed by atoms with van der Waals surface area (Å²) in [6.45, 7) is -0.0245. The first-order valence-corrected chi connectivity index (χ1v) is 7.61. The van der Waals surface area contributed by atoms with E-state index in [0.717, 1.165) is 0 Å². The maximum absolute atomic E-state index is 12.2. The van der Waals surface area contributed by atoms with E-state index in [2.05, 4.69) is 15.3 Å². The van der Waals surface area contributed by atoms with Gasteiger partial charge in [-0.3, -0.25) is 9.79 Å². The molecule has 0 aliphatic rings. The van der Waals surface area contributed by atoms with E-state index in [-0.39, 0.29) is 37.1 Å². The zero-order valence-electron chi connectivity index (χ0n) is 14.0. The van der Waals surface area contributed by atoms with Gasteiger partial charge in [-0.2, -0.15) is 0 Å². The summed E-state index contributed by atoms with van der Waals surface area (Å²) < 4.78 is 0. The van der Waals surface area contributed by atoms with Crippen LogP contribution in [-0.4, -0.2) is 52.6 Å². The van der Waals surface area contributed by atoms with Crippen molar-refractivity contribution in [1.82, 2.24) is 5.32 Å². The highest BCUT2D eigenvalue weighted by Gasteiger charge is 2.22. The number of hydrogen-bond donors (Lipinski definition) is 7. The van der Waals surface area contributed by atoms with Gasteiger partial charge in [0.05, 0.1) is 19.0 Å². The number of rotatable bonds is 9. The largest absolute Gasteiger partial charge is 0.508 e. The summed E-state index contributed by atoms with van der Waals surface area (Å²) >= 11 is 0. The Morgan fingerprint density at radius 2 is 1.69 bits per heavy atom. The van der Waals surface area contributed by atoms with Crippen LogP contribution in [0.2, 0.25) is 0 Å². The highest BCUT2D eigenvalue weighted by atomic mass is 16.4. The molecule has 11 heteroatoms. The van der Waals surface area contributed by atoms with Gasteiger partial charge in [-0.05, 0) is 17.7 Å². The zero-order valence-corrected chi connectivity index (χ0v) is 14.0. The molecule has 0 radical (unpaired) electrons. The molecular formula is C15H23N7O4. The second kappa shape index (κ2) is 9.71. The summed E-state index contributed by atoms with van der Waals surface area (Å²) in [5, 5.41) is 21.0. The van der Waals surface area contributed by atoms with Crippen LogP contribution in [0.4, 0.5) is 0 Å². The molecule has 1 aromatic carbocycles. The zero-order chi connectivity index (χ0) is 19.7. The lowest BCUT2D eigenvalue weighted by Crippen LogP contribution is -2.43. The smallest absolute Gasteiger partial charge is 0.326 e. The molecule has 0 fully saturated rings. The lowest BCUT2D eigenvalue weighted by molar-refractivity contribution is -0.141. The second-order valence-corrected chi connectivity index (χ2v) is 5.51. The number of hydrogen-bond acceptors (Lipinski definition) is 5. The lowest BCUT2D eigenvalue weighted by atomic mass is 10.1. The number of aromatic hydroxyl groups is 1. The third kappa shape index (κ3) is 7.86. The third-order valence-electron chi connectivity index (χ3n) is 3.25. The topological polar surface area (TPSA) is 215 Å². The average Bonchev–Trinajstić information content (AvgIpc) is 2.53. The maximum Gasteiger partial charge on any atom is 0.326 e. The van der Waals surface area contributed by atoms with E-state index in [1.54, 1.807) is 12.1 Å². The van der Waals surface area contributed by atoms with E-state index in [1.165, 1.54) is 12.1 Å². The summed E-state index contributed by atoms with van der Waals surface area (Å²) in [5.41, 5.74) is 21.7. The number of aliphatic imine (C=N–C) groups is 2. The Morgan fingerprint density at radius 3 is 2.19 bits per heavy atom. The molecule has 2 unspecified atom stereocenters. The number of guanidine groups is 2. The normalized spacial score (nSPS) is 12.5. The summed E-state index contributed by atoms with van der Waals surface area (Å²) in [5.74, 6) is -2.14. The molecule has 0 bridgehead atoms.